The van der Waals surface area contributed by atoms with Gasteiger partial charge in [0.15, 0.2) is 5.13 Å². The number of hydrogen-bond acceptors (Lipinski definition) is 4. The highest BCUT2D eigenvalue weighted by Gasteiger charge is 2.28. The van der Waals surface area contributed by atoms with Gasteiger partial charge >= 0.3 is 0 Å². The molecule has 0 radical (unpaired) electrons. The highest BCUT2D eigenvalue weighted by molar-refractivity contribution is 7.14. The number of carbonyl (C=O) groups excluding carboxylic acids is 1. The van der Waals surface area contributed by atoms with Crippen molar-refractivity contribution in [3.63, 3.8) is 0 Å². The van der Waals surface area contributed by atoms with Crippen molar-refractivity contribution in [3.8, 4) is 0 Å². The number of thiazole rings is 1. The molecule has 2 N–H and O–H groups in total. The van der Waals surface area contributed by atoms with E-state index in [2.05, 4.69) is 4.98 Å². The molecule has 0 saturated carbocycles. The maximum absolute atomic E-state index is 12.7. The number of amides is 1. The van der Waals surface area contributed by atoms with Gasteiger partial charge in [0, 0.05) is 18.0 Å². The van der Waals surface area contributed by atoms with Crippen LogP contribution in [0, 0.1) is 12.8 Å². The normalized spacial score (nSPS) is 13.1. The molecule has 120 valence electrons. The van der Waals surface area contributed by atoms with Crippen LogP contribution in [0.3, 0.4) is 0 Å². The summed E-state index contributed by atoms with van der Waals surface area (Å²) in [5, 5.41) is 2.69. The van der Waals surface area contributed by atoms with Crippen LogP contribution in [-0.2, 0) is 4.79 Å². The average molecular weight is 340 g/mol. The van der Waals surface area contributed by atoms with Crippen molar-refractivity contribution in [1.82, 2.24) is 4.98 Å². The van der Waals surface area contributed by atoms with Crippen LogP contribution in [-0.4, -0.2) is 17.4 Å². The second-order valence-electron chi connectivity index (χ2n) is 5.08. The summed E-state index contributed by atoms with van der Waals surface area (Å²) in [5.41, 5.74) is 8.16. The number of halogens is 1. The van der Waals surface area contributed by atoms with Gasteiger partial charge in [0.05, 0.1) is 11.6 Å². The SMILES string of the molecule is CCN(C(=O)C(C)C(N)c1ccccc1)c1nc(C)cs1.Cl. The first-order valence-electron chi connectivity index (χ1n) is 7.08. The van der Waals surface area contributed by atoms with Gasteiger partial charge in [-0.2, -0.15) is 0 Å². The first-order valence-corrected chi connectivity index (χ1v) is 7.96. The van der Waals surface area contributed by atoms with E-state index >= 15 is 0 Å². The van der Waals surface area contributed by atoms with Crippen molar-refractivity contribution >= 4 is 34.8 Å². The second-order valence-corrected chi connectivity index (χ2v) is 5.92. The van der Waals surface area contributed by atoms with E-state index in [1.807, 2.05) is 56.5 Å². The molecule has 1 heterocycles. The van der Waals surface area contributed by atoms with Crippen LogP contribution in [0.5, 0.6) is 0 Å². The van der Waals surface area contributed by atoms with Gasteiger partial charge in [-0.05, 0) is 19.4 Å². The fraction of sp³-hybridized carbons (Fsp3) is 0.375. The number of aryl methyl sites for hydroxylation is 1. The summed E-state index contributed by atoms with van der Waals surface area (Å²) in [4.78, 5) is 18.8. The molecule has 0 spiro atoms. The number of rotatable bonds is 5. The van der Waals surface area contributed by atoms with Gasteiger partial charge < -0.3 is 5.73 Å². The Kier molecular flexibility index (Phi) is 7.00. The standard InChI is InChI=1S/C16H21N3OS.ClH/c1-4-19(16-18-11(2)10-21-16)15(20)12(3)14(17)13-8-6-5-7-9-13;/h5-10,12,14H,4,17H2,1-3H3;1H. The molecular formula is C16H22ClN3OS. The molecule has 0 aliphatic heterocycles. The van der Waals surface area contributed by atoms with Gasteiger partial charge in [-0.25, -0.2) is 4.98 Å². The molecule has 0 bridgehead atoms. The minimum Gasteiger partial charge on any atom is -0.323 e. The number of anilines is 1. The van der Waals surface area contributed by atoms with E-state index in [0.29, 0.717) is 6.54 Å². The van der Waals surface area contributed by atoms with Gasteiger partial charge in [0.2, 0.25) is 5.91 Å². The van der Waals surface area contributed by atoms with E-state index in [4.69, 9.17) is 5.73 Å². The number of hydrogen-bond donors (Lipinski definition) is 1. The van der Waals surface area contributed by atoms with E-state index in [1.54, 1.807) is 4.90 Å². The summed E-state index contributed by atoms with van der Waals surface area (Å²) in [6.45, 7) is 6.35. The Morgan fingerprint density at radius 1 is 1.36 bits per heavy atom. The number of carbonyl (C=O) groups is 1. The zero-order chi connectivity index (χ0) is 15.4. The molecule has 0 aliphatic carbocycles. The van der Waals surface area contributed by atoms with Crippen molar-refractivity contribution in [2.75, 3.05) is 11.4 Å². The van der Waals surface area contributed by atoms with Gasteiger partial charge in [-0.1, -0.05) is 37.3 Å². The molecule has 1 amide bonds. The molecule has 0 saturated heterocycles. The van der Waals surface area contributed by atoms with E-state index < -0.39 is 0 Å². The monoisotopic (exact) mass is 339 g/mol. The first kappa shape index (κ1) is 18.6. The molecule has 0 fully saturated rings. The van der Waals surface area contributed by atoms with E-state index in [9.17, 15) is 4.79 Å². The summed E-state index contributed by atoms with van der Waals surface area (Å²) in [6, 6.07) is 9.42. The van der Waals surface area contributed by atoms with Crippen LogP contribution in [0.15, 0.2) is 35.7 Å². The van der Waals surface area contributed by atoms with Gasteiger partial charge in [-0.15, -0.1) is 23.7 Å². The van der Waals surface area contributed by atoms with Crippen molar-refractivity contribution in [1.29, 1.82) is 0 Å². The third-order valence-electron chi connectivity index (χ3n) is 3.53. The number of nitrogens with zero attached hydrogens (tertiary/aromatic N) is 2. The lowest BCUT2D eigenvalue weighted by molar-refractivity contribution is -0.122. The molecule has 1 aromatic carbocycles. The number of nitrogens with two attached hydrogens (primary N) is 1. The molecule has 4 nitrogen and oxygen atoms in total. The van der Waals surface area contributed by atoms with Gasteiger partial charge in [-0.3, -0.25) is 9.69 Å². The maximum atomic E-state index is 12.7. The Labute approximate surface area is 141 Å². The lowest BCUT2D eigenvalue weighted by atomic mass is 9.94. The molecule has 2 unspecified atom stereocenters. The predicted octanol–water partition coefficient (Wildman–Crippen LogP) is 3.56. The summed E-state index contributed by atoms with van der Waals surface area (Å²) < 4.78 is 0. The molecule has 2 atom stereocenters. The van der Waals surface area contributed by atoms with Crippen molar-refractivity contribution in [2.45, 2.75) is 26.8 Å². The topological polar surface area (TPSA) is 59.2 Å². The lowest BCUT2D eigenvalue weighted by Crippen LogP contribution is -2.39. The quantitative estimate of drug-likeness (QED) is 0.906. The summed E-state index contributed by atoms with van der Waals surface area (Å²) in [6.07, 6.45) is 0. The van der Waals surface area contributed by atoms with Crippen LogP contribution >= 0.6 is 23.7 Å². The highest BCUT2D eigenvalue weighted by atomic mass is 35.5. The molecule has 6 heteroatoms. The number of aromatic nitrogens is 1. The van der Waals surface area contributed by atoms with Gasteiger partial charge in [0.1, 0.15) is 0 Å². The smallest absolute Gasteiger partial charge is 0.233 e. The third kappa shape index (κ3) is 4.06. The van der Waals surface area contributed by atoms with E-state index in [1.165, 1.54) is 11.3 Å². The Bertz CT molecular complexity index is 602. The maximum Gasteiger partial charge on any atom is 0.233 e. The Morgan fingerprint density at radius 2 is 2.00 bits per heavy atom. The van der Waals surface area contributed by atoms with Crippen molar-refractivity contribution in [3.05, 3.63) is 47.0 Å². The molecule has 1 aromatic heterocycles. The van der Waals surface area contributed by atoms with Crippen molar-refractivity contribution in [2.24, 2.45) is 11.7 Å². The van der Waals surface area contributed by atoms with Crippen LogP contribution in [0.1, 0.15) is 31.1 Å². The van der Waals surface area contributed by atoms with Crippen LogP contribution in [0.2, 0.25) is 0 Å². The molecule has 2 rings (SSSR count). The zero-order valence-electron chi connectivity index (χ0n) is 13.0. The Balaban J connectivity index is 0.00000242. The fourth-order valence-electron chi connectivity index (χ4n) is 2.21. The van der Waals surface area contributed by atoms with Crippen LogP contribution < -0.4 is 10.6 Å². The zero-order valence-corrected chi connectivity index (χ0v) is 14.7. The largest absolute Gasteiger partial charge is 0.323 e. The molecule has 22 heavy (non-hydrogen) atoms. The Morgan fingerprint density at radius 3 is 2.50 bits per heavy atom. The lowest BCUT2D eigenvalue weighted by Gasteiger charge is -2.26. The second kappa shape index (κ2) is 8.27. The summed E-state index contributed by atoms with van der Waals surface area (Å²) in [5.74, 6) is -0.278. The van der Waals surface area contributed by atoms with Crippen LogP contribution in [0.25, 0.3) is 0 Å². The fourth-order valence-corrected chi connectivity index (χ4v) is 3.09. The molecule has 0 aliphatic rings. The highest BCUT2D eigenvalue weighted by Crippen LogP contribution is 2.26. The Hall–Kier alpha value is -1.43. The minimum atomic E-state index is -0.311. The predicted molar refractivity (Wildman–Crippen MR) is 94.7 cm³/mol. The molecule has 2 aromatic rings. The molecular weight excluding hydrogens is 318 g/mol. The summed E-state index contributed by atoms with van der Waals surface area (Å²) >= 11 is 1.49. The third-order valence-corrected chi connectivity index (χ3v) is 4.51. The van der Waals surface area contributed by atoms with Gasteiger partial charge in [0.25, 0.3) is 0 Å². The summed E-state index contributed by atoms with van der Waals surface area (Å²) in [7, 11) is 0. The minimum absolute atomic E-state index is 0. The van der Waals surface area contributed by atoms with Crippen LogP contribution in [0.4, 0.5) is 5.13 Å². The first-order chi connectivity index (χ1) is 10.0. The van der Waals surface area contributed by atoms with E-state index in [0.717, 1.165) is 16.4 Å². The number of benzene rings is 1. The average Bonchev–Trinajstić information content (AvgIpc) is 2.93. The van der Waals surface area contributed by atoms with Crippen molar-refractivity contribution < 1.29 is 4.79 Å². The van der Waals surface area contributed by atoms with E-state index in [-0.39, 0.29) is 30.3 Å².